The fourth-order valence-electron chi connectivity index (χ4n) is 3.39. The number of nitrogens with two attached hydrogens (primary N) is 2. The van der Waals surface area contributed by atoms with Crippen LogP contribution in [0.5, 0.6) is 11.5 Å². The summed E-state index contributed by atoms with van der Waals surface area (Å²) in [5, 5.41) is 1.77. The van der Waals surface area contributed by atoms with Crippen molar-refractivity contribution in [2.75, 3.05) is 25.7 Å². The Morgan fingerprint density at radius 2 is 1.77 bits per heavy atom. The summed E-state index contributed by atoms with van der Waals surface area (Å²) in [5.41, 5.74) is 15.6. The predicted octanol–water partition coefficient (Wildman–Crippen LogP) is 2.97. The van der Waals surface area contributed by atoms with Crippen molar-refractivity contribution < 1.29 is 9.47 Å². The number of nitrogens with zero attached hydrogens (tertiary/aromatic N) is 3. The molecule has 0 bridgehead atoms. The van der Waals surface area contributed by atoms with Gasteiger partial charge in [0.25, 0.3) is 0 Å². The number of anilines is 2. The van der Waals surface area contributed by atoms with Gasteiger partial charge in [0.2, 0.25) is 5.95 Å². The molecule has 4 N–H and O–H groups in total. The minimum absolute atomic E-state index is 0.151. The summed E-state index contributed by atoms with van der Waals surface area (Å²) in [6.07, 6.45) is 1.99. The molecule has 0 saturated carbocycles. The molecule has 132 valence electrons. The van der Waals surface area contributed by atoms with Gasteiger partial charge in [-0.2, -0.15) is 4.98 Å². The van der Waals surface area contributed by atoms with Crippen molar-refractivity contribution in [3.63, 3.8) is 0 Å². The van der Waals surface area contributed by atoms with Crippen molar-refractivity contribution in [2.45, 2.75) is 0 Å². The average molecular weight is 349 g/mol. The van der Waals surface area contributed by atoms with E-state index in [-0.39, 0.29) is 5.95 Å². The molecule has 0 saturated heterocycles. The van der Waals surface area contributed by atoms with E-state index in [2.05, 4.69) is 9.97 Å². The smallest absolute Gasteiger partial charge is 0.222 e. The Hall–Kier alpha value is -3.48. The summed E-state index contributed by atoms with van der Waals surface area (Å²) < 4.78 is 12.9. The van der Waals surface area contributed by atoms with Crippen LogP contribution in [0.15, 0.2) is 36.5 Å². The van der Waals surface area contributed by atoms with Crippen LogP contribution in [0, 0.1) is 0 Å². The van der Waals surface area contributed by atoms with Gasteiger partial charge in [0.15, 0.2) is 0 Å². The van der Waals surface area contributed by atoms with Gasteiger partial charge in [0.1, 0.15) is 17.3 Å². The third-order valence-electron chi connectivity index (χ3n) is 4.56. The van der Waals surface area contributed by atoms with Gasteiger partial charge < -0.3 is 25.5 Å². The quantitative estimate of drug-likeness (QED) is 0.590. The molecule has 0 amide bonds. The molecular formula is C19H19N5O2. The van der Waals surface area contributed by atoms with E-state index in [9.17, 15) is 0 Å². The SMILES string of the molecule is COc1ccc(-c2cc3nc(N)nc(N)c3c3ccn(C)c23)c(OC)c1. The van der Waals surface area contributed by atoms with Gasteiger partial charge in [-0.25, -0.2) is 4.98 Å². The molecule has 2 aromatic heterocycles. The Morgan fingerprint density at radius 1 is 0.962 bits per heavy atom. The Bertz CT molecular complexity index is 1150. The fourth-order valence-corrected chi connectivity index (χ4v) is 3.39. The Labute approximate surface area is 150 Å². The van der Waals surface area contributed by atoms with E-state index in [0.717, 1.165) is 33.2 Å². The average Bonchev–Trinajstić information content (AvgIpc) is 3.01. The van der Waals surface area contributed by atoms with Crippen LogP contribution in [0.1, 0.15) is 0 Å². The van der Waals surface area contributed by atoms with E-state index >= 15 is 0 Å². The maximum atomic E-state index is 6.13. The molecule has 0 unspecified atom stereocenters. The second kappa shape index (κ2) is 5.80. The van der Waals surface area contributed by atoms with Gasteiger partial charge in [-0.05, 0) is 24.3 Å². The highest BCUT2D eigenvalue weighted by atomic mass is 16.5. The predicted molar refractivity (Wildman–Crippen MR) is 103 cm³/mol. The lowest BCUT2D eigenvalue weighted by molar-refractivity contribution is 0.395. The molecule has 0 fully saturated rings. The topological polar surface area (TPSA) is 101 Å². The number of aryl methyl sites for hydroxylation is 1. The third kappa shape index (κ3) is 2.28. The molecule has 0 aliphatic carbocycles. The van der Waals surface area contributed by atoms with Gasteiger partial charge in [-0.3, -0.25) is 0 Å². The summed E-state index contributed by atoms with van der Waals surface area (Å²) in [5.74, 6) is 1.96. The molecule has 2 heterocycles. The molecule has 4 aromatic rings. The molecule has 7 heteroatoms. The zero-order valence-corrected chi connectivity index (χ0v) is 14.8. The number of methoxy groups -OCH3 is 2. The van der Waals surface area contributed by atoms with Crippen molar-refractivity contribution in [1.29, 1.82) is 0 Å². The van der Waals surface area contributed by atoms with Crippen molar-refractivity contribution in [2.24, 2.45) is 7.05 Å². The molecule has 7 nitrogen and oxygen atoms in total. The van der Waals surface area contributed by atoms with Gasteiger partial charge in [0, 0.05) is 35.8 Å². The molecule has 4 rings (SSSR count). The van der Waals surface area contributed by atoms with E-state index in [1.54, 1.807) is 14.2 Å². The van der Waals surface area contributed by atoms with Crippen LogP contribution in [0.2, 0.25) is 0 Å². The van der Waals surface area contributed by atoms with Crippen LogP contribution in [-0.2, 0) is 7.05 Å². The van der Waals surface area contributed by atoms with Crippen molar-refractivity contribution in [3.8, 4) is 22.6 Å². The first-order valence-corrected chi connectivity index (χ1v) is 8.06. The molecule has 0 spiro atoms. The molecule has 0 aliphatic rings. The zero-order chi connectivity index (χ0) is 18.4. The number of hydrogen-bond acceptors (Lipinski definition) is 6. The number of hydrogen-bond donors (Lipinski definition) is 2. The van der Waals surface area contributed by atoms with E-state index in [1.165, 1.54) is 0 Å². The highest BCUT2D eigenvalue weighted by Crippen LogP contribution is 2.41. The van der Waals surface area contributed by atoms with Gasteiger partial charge in [-0.1, -0.05) is 0 Å². The number of fused-ring (bicyclic) bond motifs is 3. The second-order valence-corrected chi connectivity index (χ2v) is 6.04. The van der Waals surface area contributed by atoms with Crippen molar-refractivity contribution in [3.05, 3.63) is 36.5 Å². The lowest BCUT2D eigenvalue weighted by Crippen LogP contribution is -2.02. The molecule has 0 radical (unpaired) electrons. The first-order valence-electron chi connectivity index (χ1n) is 8.06. The number of aromatic nitrogens is 3. The van der Waals surface area contributed by atoms with Crippen LogP contribution in [0.3, 0.4) is 0 Å². The van der Waals surface area contributed by atoms with Crippen LogP contribution < -0.4 is 20.9 Å². The largest absolute Gasteiger partial charge is 0.497 e. The fraction of sp³-hybridized carbons (Fsp3) is 0.158. The molecule has 0 aliphatic heterocycles. The lowest BCUT2D eigenvalue weighted by Gasteiger charge is -2.14. The summed E-state index contributed by atoms with van der Waals surface area (Å²) in [6.45, 7) is 0. The minimum atomic E-state index is 0.151. The first-order chi connectivity index (χ1) is 12.5. The first kappa shape index (κ1) is 16.0. The summed E-state index contributed by atoms with van der Waals surface area (Å²) in [4.78, 5) is 8.50. The minimum Gasteiger partial charge on any atom is -0.497 e. The second-order valence-electron chi connectivity index (χ2n) is 6.04. The summed E-state index contributed by atoms with van der Waals surface area (Å²) in [7, 11) is 5.25. The van der Waals surface area contributed by atoms with E-state index in [4.69, 9.17) is 20.9 Å². The molecule has 26 heavy (non-hydrogen) atoms. The van der Waals surface area contributed by atoms with E-state index in [1.807, 2.05) is 48.1 Å². The third-order valence-corrected chi connectivity index (χ3v) is 4.56. The van der Waals surface area contributed by atoms with Crippen LogP contribution >= 0.6 is 0 Å². The zero-order valence-electron chi connectivity index (χ0n) is 14.8. The Kier molecular flexibility index (Phi) is 3.57. The Balaban J connectivity index is 2.14. The van der Waals surface area contributed by atoms with Crippen molar-refractivity contribution >= 4 is 33.6 Å². The van der Waals surface area contributed by atoms with Crippen LogP contribution in [-0.4, -0.2) is 28.8 Å². The molecular weight excluding hydrogens is 330 g/mol. The van der Waals surface area contributed by atoms with Gasteiger partial charge >= 0.3 is 0 Å². The van der Waals surface area contributed by atoms with Gasteiger partial charge in [-0.15, -0.1) is 0 Å². The number of benzene rings is 2. The van der Waals surface area contributed by atoms with E-state index < -0.39 is 0 Å². The standard InChI is InChI=1S/C19H19N5O2/c1-24-7-6-12-16-14(22-19(21)23-18(16)20)9-13(17(12)24)11-5-4-10(25-2)8-15(11)26-3/h4-9H,1-3H3,(H4,20,21,22,23). The molecule has 0 atom stereocenters. The number of nitrogen functional groups attached to an aromatic ring is 2. The van der Waals surface area contributed by atoms with Crippen LogP contribution in [0.4, 0.5) is 11.8 Å². The Morgan fingerprint density at radius 3 is 2.50 bits per heavy atom. The number of ether oxygens (including phenoxy) is 2. The number of rotatable bonds is 3. The lowest BCUT2D eigenvalue weighted by atomic mass is 9.99. The molecule has 2 aromatic carbocycles. The summed E-state index contributed by atoms with van der Waals surface area (Å²) in [6, 6.07) is 9.71. The van der Waals surface area contributed by atoms with E-state index in [0.29, 0.717) is 17.1 Å². The highest BCUT2D eigenvalue weighted by molar-refractivity contribution is 6.15. The van der Waals surface area contributed by atoms with Crippen molar-refractivity contribution in [1.82, 2.24) is 14.5 Å². The summed E-state index contributed by atoms with van der Waals surface area (Å²) >= 11 is 0. The monoisotopic (exact) mass is 349 g/mol. The highest BCUT2D eigenvalue weighted by Gasteiger charge is 2.18. The van der Waals surface area contributed by atoms with Crippen LogP contribution in [0.25, 0.3) is 32.9 Å². The maximum Gasteiger partial charge on any atom is 0.222 e. The normalized spacial score (nSPS) is 11.2. The maximum absolute atomic E-state index is 6.13. The van der Waals surface area contributed by atoms with Gasteiger partial charge in [0.05, 0.1) is 30.6 Å².